The molecule has 3 N–H and O–H groups in total. The summed E-state index contributed by atoms with van der Waals surface area (Å²) in [6.07, 6.45) is 0. The normalized spacial score (nSPS) is 11.3. The first kappa shape index (κ1) is 14.8. The Kier molecular flexibility index (Phi) is 4.57. The third-order valence-electron chi connectivity index (χ3n) is 3.33. The smallest absolute Gasteiger partial charge is 0.251 e. The van der Waals surface area contributed by atoms with Gasteiger partial charge in [-0.3, -0.25) is 4.79 Å². The first-order valence-corrected chi connectivity index (χ1v) is 7.52. The third-order valence-corrected chi connectivity index (χ3v) is 4.57. The number of thiophene rings is 1. The molecule has 1 heterocycles. The SMILES string of the molecule is CC(C)(CNC(=O)c1ccc(CN)cc1)c1cccs1. The molecular weight excluding hydrogens is 268 g/mol. The summed E-state index contributed by atoms with van der Waals surface area (Å²) in [7, 11) is 0. The summed E-state index contributed by atoms with van der Waals surface area (Å²) >= 11 is 1.72. The highest BCUT2D eigenvalue weighted by atomic mass is 32.1. The zero-order chi connectivity index (χ0) is 14.6. The van der Waals surface area contributed by atoms with E-state index in [9.17, 15) is 4.79 Å². The number of rotatable bonds is 5. The average Bonchev–Trinajstić information content (AvgIpc) is 3.00. The highest BCUT2D eigenvalue weighted by Gasteiger charge is 2.22. The maximum absolute atomic E-state index is 12.1. The molecule has 0 unspecified atom stereocenters. The van der Waals surface area contributed by atoms with Gasteiger partial charge < -0.3 is 11.1 Å². The Labute approximate surface area is 123 Å². The third kappa shape index (κ3) is 3.46. The molecule has 0 saturated heterocycles. The highest BCUT2D eigenvalue weighted by Crippen LogP contribution is 2.26. The van der Waals surface area contributed by atoms with E-state index < -0.39 is 0 Å². The number of nitrogens with one attached hydrogen (secondary N) is 1. The number of nitrogens with two attached hydrogens (primary N) is 1. The van der Waals surface area contributed by atoms with Crippen LogP contribution in [0.15, 0.2) is 41.8 Å². The molecule has 0 spiro atoms. The molecule has 1 amide bonds. The summed E-state index contributed by atoms with van der Waals surface area (Å²) in [6, 6.07) is 11.5. The average molecular weight is 288 g/mol. The van der Waals surface area contributed by atoms with Crippen LogP contribution in [0.25, 0.3) is 0 Å². The molecule has 0 fully saturated rings. The molecule has 0 atom stereocenters. The lowest BCUT2D eigenvalue weighted by Gasteiger charge is -2.23. The van der Waals surface area contributed by atoms with Gasteiger partial charge in [0, 0.05) is 28.9 Å². The van der Waals surface area contributed by atoms with Gasteiger partial charge in [-0.15, -0.1) is 11.3 Å². The molecule has 2 rings (SSSR count). The monoisotopic (exact) mass is 288 g/mol. The molecule has 0 aliphatic rings. The zero-order valence-electron chi connectivity index (χ0n) is 11.8. The lowest BCUT2D eigenvalue weighted by atomic mass is 9.91. The van der Waals surface area contributed by atoms with Gasteiger partial charge in [0.2, 0.25) is 0 Å². The van der Waals surface area contributed by atoms with Crippen LogP contribution in [0.5, 0.6) is 0 Å². The lowest BCUT2D eigenvalue weighted by molar-refractivity contribution is 0.0946. The van der Waals surface area contributed by atoms with Crippen molar-refractivity contribution in [3.05, 3.63) is 57.8 Å². The molecule has 2 aromatic rings. The molecule has 0 aliphatic heterocycles. The summed E-state index contributed by atoms with van der Waals surface area (Å²) in [6.45, 7) is 5.38. The summed E-state index contributed by atoms with van der Waals surface area (Å²) < 4.78 is 0. The van der Waals surface area contributed by atoms with Crippen LogP contribution in [0.4, 0.5) is 0 Å². The van der Waals surface area contributed by atoms with E-state index in [1.165, 1.54) is 4.88 Å². The van der Waals surface area contributed by atoms with E-state index in [-0.39, 0.29) is 11.3 Å². The first-order chi connectivity index (χ1) is 9.53. The summed E-state index contributed by atoms with van der Waals surface area (Å²) in [4.78, 5) is 13.4. The number of hydrogen-bond acceptors (Lipinski definition) is 3. The van der Waals surface area contributed by atoms with E-state index in [1.54, 1.807) is 11.3 Å². The van der Waals surface area contributed by atoms with Crippen LogP contribution in [-0.2, 0) is 12.0 Å². The minimum Gasteiger partial charge on any atom is -0.351 e. The molecule has 1 aromatic carbocycles. The van der Waals surface area contributed by atoms with Gasteiger partial charge in [0.1, 0.15) is 0 Å². The molecule has 106 valence electrons. The predicted molar refractivity (Wildman–Crippen MR) is 84.0 cm³/mol. The fourth-order valence-electron chi connectivity index (χ4n) is 1.95. The quantitative estimate of drug-likeness (QED) is 0.889. The van der Waals surface area contributed by atoms with Gasteiger partial charge in [-0.25, -0.2) is 0 Å². The molecule has 4 heteroatoms. The molecule has 0 saturated carbocycles. The lowest BCUT2D eigenvalue weighted by Crippen LogP contribution is -2.36. The molecule has 3 nitrogen and oxygen atoms in total. The fourth-order valence-corrected chi connectivity index (χ4v) is 2.80. The highest BCUT2D eigenvalue weighted by molar-refractivity contribution is 7.10. The van der Waals surface area contributed by atoms with Gasteiger partial charge in [0.05, 0.1) is 0 Å². The van der Waals surface area contributed by atoms with Crippen LogP contribution < -0.4 is 11.1 Å². The predicted octanol–water partition coefficient (Wildman–Crippen LogP) is 2.91. The van der Waals surface area contributed by atoms with Gasteiger partial charge >= 0.3 is 0 Å². The van der Waals surface area contributed by atoms with Crippen LogP contribution in [0.1, 0.15) is 34.6 Å². The van der Waals surface area contributed by atoms with E-state index in [1.807, 2.05) is 30.3 Å². The minimum atomic E-state index is -0.0545. The molecule has 0 bridgehead atoms. The largest absolute Gasteiger partial charge is 0.351 e. The fraction of sp³-hybridized carbons (Fsp3) is 0.312. The van der Waals surface area contributed by atoms with Crippen molar-refractivity contribution < 1.29 is 4.79 Å². The van der Waals surface area contributed by atoms with E-state index in [4.69, 9.17) is 5.73 Å². The van der Waals surface area contributed by atoms with Crippen molar-refractivity contribution in [3.63, 3.8) is 0 Å². The second-order valence-corrected chi connectivity index (χ2v) is 6.39. The summed E-state index contributed by atoms with van der Waals surface area (Å²) in [5, 5.41) is 5.06. The Bertz CT molecular complexity index is 559. The molecule has 0 aliphatic carbocycles. The van der Waals surface area contributed by atoms with Crippen LogP contribution >= 0.6 is 11.3 Å². The number of carbonyl (C=O) groups excluding carboxylic acids is 1. The maximum atomic E-state index is 12.1. The maximum Gasteiger partial charge on any atom is 0.251 e. The zero-order valence-corrected chi connectivity index (χ0v) is 12.7. The Morgan fingerprint density at radius 1 is 1.25 bits per heavy atom. The van der Waals surface area contributed by atoms with E-state index in [0.29, 0.717) is 18.7 Å². The van der Waals surface area contributed by atoms with Crippen LogP contribution in [0.2, 0.25) is 0 Å². The molecule has 0 radical (unpaired) electrons. The van der Waals surface area contributed by atoms with Crippen molar-refractivity contribution >= 4 is 17.2 Å². The van der Waals surface area contributed by atoms with E-state index in [0.717, 1.165) is 5.56 Å². The Morgan fingerprint density at radius 3 is 2.50 bits per heavy atom. The molecule has 20 heavy (non-hydrogen) atoms. The number of amides is 1. The van der Waals surface area contributed by atoms with Crippen molar-refractivity contribution in [2.75, 3.05) is 6.54 Å². The second kappa shape index (κ2) is 6.20. The summed E-state index contributed by atoms with van der Waals surface area (Å²) in [5.74, 6) is -0.0433. The minimum absolute atomic E-state index is 0.0433. The van der Waals surface area contributed by atoms with Crippen molar-refractivity contribution in [3.8, 4) is 0 Å². The van der Waals surface area contributed by atoms with Gasteiger partial charge in [-0.05, 0) is 29.1 Å². The van der Waals surface area contributed by atoms with Crippen molar-refractivity contribution in [2.45, 2.75) is 25.8 Å². The van der Waals surface area contributed by atoms with Gasteiger partial charge in [0.25, 0.3) is 5.91 Å². The first-order valence-electron chi connectivity index (χ1n) is 6.64. The second-order valence-electron chi connectivity index (χ2n) is 5.44. The van der Waals surface area contributed by atoms with E-state index in [2.05, 4.69) is 30.6 Å². The molecular formula is C16H20N2OS. The Hall–Kier alpha value is -1.65. The molecule has 1 aromatic heterocycles. The van der Waals surface area contributed by atoms with Crippen LogP contribution in [0.3, 0.4) is 0 Å². The van der Waals surface area contributed by atoms with Gasteiger partial charge in [-0.2, -0.15) is 0 Å². The Balaban J connectivity index is 1.98. The van der Waals surface area contributed by atoms with Gasteiger partial charge in [-0.1, -0.05) is 32.0 Å². The van der Waals surface area contributed by atoms with E-state index >= 15 is 0 Å². The van der Waals surface area contributed by atoms with Crippen molar-refractivity contribution in [1.29, 1.82) is 0 Å². The summed E-state index contributed by atoms with van der Waals surface area (Å²) in [5.41, 5.74) is 7.19. The van der Waals surface area contributed by atoms with Crippen molar-refractivity contribution in [1.82, 2.24) is 5.32 Å². The van der Waals surface area contributed by atoms with Crippen molar-refractivity contribution in [2.24, 2.45) is 5.73 Å². The number of hydrogen-bond donors (Lipinski definition) is 2. The van der Waals surface area contributed by atoms with Gasteiger partial charge in [0.15, 0.2) is 0 Å². The number of carbonyl (C=O) groups is 1. The number of benzene rings is 1. The van der Waals surface area contributed by atoms with Crippen LogP contribution in [-0.4, -0.2) is 12.5 Å². The Morgan fingerprint density at radius 2 is 1.95 bits per heavy atom. The topological polar surface area (TPSA) is 55.1 Å². The standard InChI is InChI=1S/C16H20N2OS/c1-16(2,14-4-3-9-20-14)11-18-15(19)13-7-5-12(10-17)6-8-13/h3-9H,10-11,17H2,1-2H3,(H,18,19). The van der Waals surface area contributed by atoms with Crippen LogP contribution in [0, 0.1) is 0 Å².